The van der Waals surface area contributed by atoms with Gasteiger partial charge >= 0.3 is 0 Å². The first-order valence-corrected chi connectivity index (χ1v) is 6.62. The predicted molar refractivity (Wildman–Crippen MR) is 78.6 cm³/mol. The van der Waals surface area contributed by atoms with E-state index in [0.717, 1.165) is 17.1 Å². The average Bonchev–Trinajstić information content (AvgIpc) is 2.48. The minimum atomic E-state index is 0.0803. The number of hydrogen-bond donors (Lipinski definition) is 0. The number of ether oxygens (including phenoxy) is 2. The molecule has 0 radical (unpaired) electrons. The van der Waals surface area contributed by atoms with Crippen molar-refractivity contribution in [1.82, 2.24) is 0 Å². The van der Waals surface area contributed by atoms with E-state index in [-0.39, 0.29) is 5.78 Å². The molecule has 2 aromatic carbocycles. The van der Waals surface area contributed by atoms with E-state index in [1.165, 1.54) is 0 Å². The Kier molecular flexibility index (Phi) is 4.77. The van der Waals surface area contributed by atoms with Gasteiger partial charge in [-0.25, -0.2) is 0 Å². The van der Waals surface area contributed by atoms with E-state index in [1.807, 2.05) is 49.4 Å². The molecule has 0 unspecified atom stereocenters. The van der Waals surface area contributed by atoms with Crippen LogP contribution in [0.3, 0.4) is 0 Å². The van der Waals surface area contributed by atoms with Gasteiger partial charge < -0.3 is 9.47 Å². The van der Waals surface area contributed by atoms with Crippen molar-refractivity contribution in [2.45, 2.75) is 13.3 Å². The first-order valence-electron chi connectivity index (χ1n) is 6.62. The minimum Gasteiger partial charge on any atom is -0.497 e. The number of ketones is 1. The zero-order chi connectivity index (χ0) is 14.4. The second-order valence-electron chi connectivity index (χ2n) is 4.41. The van der Waals surface area contributed by atoms with Crippen LogP contribution in [-0.2, 0) is 6.42 Å². The molecular formula is C17H18O3. The summed E-state index contributed by atoms with van der Waals surface area (Å²) in [6.45, 7) is 2.52. The van der Waals surface area contributed by atoms with E-state index in [9.17, 15) is 4.79 Å². The quantitative estimate of drug-likeness (QED) is 0.753. The van der Waals surface area contributed by atoms with E-state index in [1.54, 1.807) is 13.2 Å². The Hall–Kier alpha value is -2.29. The van der Waals surface area contributed by atoms with Crippen molar-refractivity contribution in [2.24, 2.45) is 0 Å². The van der Waals surface area contributed by atoms with Crippen molar-refractivity contribution in [3.05, 3.63) is 59.7 Å². The van der Waals surface area contributed by atoms with Crippen LogP contribution in [0, 0.1) is 0 Å². The lowest BCUT2D eigenvalue weighted by Crippen LogP contribution is -2.04. The lowest BCUT2D eigenvalue weighted by atomic mass is 10.0. The Bertz CT molecular complexity index is 573. The van der Waals surface area contributed by atoms with Gasteiger partial charge in [0.1, 0.15) is 11.5 Å². The van der Waals surface area contributed by atoms with Crippen LogP contribution in [0.1, 0.15) is 22.8 Å². The molecule has 0 N–H and O–H groups in total. The molecule has 0 aliphatic heterocycles. The number of benzene rings is 2. The van der Waals surface area contributed by atoms with E-state index < -0.39 is 0 Å². The zero-order valence-electron chi connectivity index (χ0n) is 11.8. The minimum absolute atomic E-state index is 0.0803. The summed E-state index contributed by atoms with van der Waals surface area (Å²) in [6, 6.07) is 14.8. The van der Waals surface area contributed by atoms with Crippen molar-refractivity contribution in [3.8, 4) is 11.5 Å². The molecule has 0 atom stereocenters. The van der Waals surface area contributed by atoms with Crippen LogP contribution < -0.4 is 9.47 Å². The molecule has 0 aliphatic rings. The van der Waals surface area contributed by atoms with E-state index in [2.05, 4.69) is 0 Å². The van der Waals surface area contributed by atoms with Crippen molar-refractivity contribution in [1.29, 1.82) is 0 Å². The van der Waals surface area contributed by atoms with Gasteiger partial charge in [-0.1, -0.05) is 24.3 Å². The van der Waals surface area contributed by atoms with Crippen LogP contribution in [0.2, 0.25) is 0 Å². The van der Waals surface area contributed by atoms with Gasteiger partial charge in [-0.05, 0) is 36.8 Å². The van der Waals surface area contributed by atoms with Crippen molar-refractivity contribution >= 4 is 5.78 Å². The highest BCUT2D eigenvalue weighted by Crippen LogP contribution is 2.17. The summed E-state index contributed by atoms with van der Waals surface area (Å²) in [6.07, 6.45) is 0.375. The summed E-state index contributed by atoms with van der Waals surface area (Å²) in [7, 11) is 1.62. The Labute approximate surface area is 119 Å². The van der Waals surface area contributed by atoms with Gasteiger partial charge in [0.15, 0.2) is 5.78 Å². The molecule has 3 heteroatoms. The smallest absolute Gasteiger partial charge is 0.167 e. The van der Waals surface area contributed by atoms with Crippen molar-refractivity contribution in [3.63, 3.8) is 0 Å². The molecule has 0 heterocycles. The maximum absolute atomic E-state index is 12.2. The molecule has 0 aromatic heterocycles. The predicted octanol–water partition coefficient (Wildman–Crippen LogP) is 3.52. The Morgan fingerprint density at radius 2 is 1.80 bits per heavy atom. The van der Waals surface area contributed by atoms with Crippen LogP contribution in [-0.4, -0.2) is 19.5 Å². The maximum atomic E-state index is 12.2. The number of carbonyl (C=O) groups is 1. The standard InChI is InChI=1S/C17H18O3/c1-3-20-16-6-4-5-14(12-16)17(18)11-13-7-9-15(19-2)10-8-13/h4-10,12H,3,11H2,1-2H3. The van der Waals surface area contributed by atoms with Gasteiger partial charge in [-0.15, -0.1) is 0 Å². The molecule has 2 rings (SSSR count). The highest BCUT2D eigenvalue weighted by Gasteiger charge is 2.08. The van der Waals surface area contributed by atoms with Crippen LogP contribution in [0.4, 0.5) is 0 Å². The van der Waals surface area contributed by atoms with Crippen LogP contribution in [0.5, 0.6) is 11.5 Å². The molecule has 3 nitrogen and oxygen atoms in total. The second kappa shape index (κ2) is 6.75. The average molecular weight is 270 g/mol. The first-order chi connectivity index (χ1) is 9.72. The zero-order valence-corrected chi connectivity index (χ0v) is 11.8. The summed E-state index contributed by atoms with van der Waals surface area (Å²) in [5, 5.41) is 0. The molecule has 0 bridgehead atoms. The molecule has 0 saturated carbocycles. The van der Waals surface area contributed by atoms with Crippen LogP contribution in [0.25, 0.3) is 0 Å². The first kappa shape index (κ1) is 14.1. The third-order valence-corrected chi connectivity index (χ3v) is 2.99. The third-order valence-electron chi connectivity index (χ3n) is 2.99. The Morgan fingerprint density at radius 1 is 1.05 bits per heavy atom. The molecular weight excluding hydrogens is 252 g/mol. The largest absolute Gasteiger partial charge is 0.497 e. The molecule has 0 aliphatic carbocycles. The number of rotatable bonds is 6. The second-order valence-corrected chi connectivity index (χ2v) is 4.41. The van der Waals surface area contributed by atoms with E-state index >= 15 is 0 Å². The fourth-order valence-electron chi connectivity index (χ4n) is 1.96. The topological polar surface area (TPSA) is 35.5 Å². The Morgan fingerprint density at radius 3 is 2.45 bits per heavy atom. The van der Waals surface area contributed by atoms with Crippen LogP contribution >= 0.6 is 0 Å². The summed E-state index contributed by atoms with van der Waals surface area (Å²) in [5.74, 6) is 1.60. The summed E-state index contributed by atoms with van der Waals surface area (Å²) < 4.78 is 10.5. The summed E-state index contributed by atoms with van der Waals surface area (Å²) in [4.78, 5) is 12.2. The molecule has 20 heavy (non-hydrogen) atoms. The van der Waals surface area contributed by atoms with Crippen molar-refractivity contribution < 1.29 is 14.3 Å². The van der Waals surface area contributed by atoms with Crippen molar-refractivity contribution in [2.75, 3.05) is 13.7 Å². The monoisotopic (exact) mass is 270 g/mol. The van der Waals surface area contributed by atoms with Gasteiger partial charge in [-0.2, -0.15) is 0 Å². The lowest BCUT2D eigenvalue weighted by molar-refractivity contribution is 0.0992. The summed E-state index contributed by atoms with van der Waals surface area (Å²) >= 11 is 0. The molecule has 104 valence electrons. The SMILES string of the molecule is CCOc1cccc(C(=O)Cc2ccc(OC)cc2)c1. The molecule has 0 saturated heterocycles. The van der Waals surface area contributed by atoms with Gasteiger partial charge in [0, 0.05) is 12.0 Å². The summed E-state index contributed by atoms with van der Waals surface area (Å²) in [5.41, 5.74) is 1.64. The Balaban J connectivity index is 2.08. The number of methoxy groups -OCH3 is 1. The van der Waals surface area contributed by atoms with E-state index in [4.69, 9.17) is 9.47 Å². The number of carbonyl (C=O) groups excluding carboxylic acids is 1. The third kappa shape index (κ3) is 3.60. The van der Waals surface area contributed by atoms with E-state index in [0.29, 0.717) is 18.6 Å². The lowest BCUT2D eigenvalue weighted by Gasteiger charge is -2.06. The van der Waals surface area contributed by atoms with Gasteiger partial charge in [-0.3, -0.25) is 4.79 Å². The van der Waals surface area contributed by atoms with Gasteiger partial charge in [0.2, 0.25) is 0 Å². The van der Waals surface area contributed by atoms with Crippen LogP contribution in [0.15, 0.2) is 48.5 Å². The highest BCUT2D eigenvalue weighted by molar-refractivity contribution is 5.97. The number of Topliss-reactive ketones (excluding diaryl/α,β-unsaturated/α-hetero) is 1. The molecule has 2 aromatic rings. The van der Waals surface area contributed by atoms with Gasteiger partial charge in [0.25, 0.3) is 0 Å². The molecule has 0 spiro atoms. The maximum Gasteiger partial charge on any atom is 0.167 e. The van der Waals surface area contributed by atoms with Gasteiger partial charge in [0.05, 0.1) is 13.7 Å². The molecule has 0 amide bonds. The fraction of sp³-hybridized carbons (Fsp3) is 0.235. The molecule has 0 fully saturated rings. The fourth-order valence-corrected chi connectivity index (χ4v) is 1.96. The number of hydrogen-bond acceptors (Lipinski definition) is 3. The highest BCUT2D eigenvalue weighted by atomic mass is 16.5. The normalized spacial score (nSPS) is 10.1.